The van der Waals surface area contributed by atoms with E-state index in [4.69, 9.17) is 0 Å². The summed E-state index contributed by atoms with van der Waals surface area (Å²) in [5, 5.41) is 6.71. The van der Waals surface area contributed by atoms with Crippen LogP contribution in [0.25, 0.3) is 10.8 Å². The van der Waals surface area contributed by atoms with Gasteiger partial charge in [-0.2, -0.15) is 0 Å². The van der Waals surface area contributed by atoms with Crippen LogP contribution in [0.2, 0.25) is 0 Å². The molecule has 0 unspecified atom stereocenters. The van der Waals surface area contributed by atoms with Gasteiger partial charge in [0.15, 0.2) is 0 Å². The lowest BCUT2D eigenvalue weighted by atomic mass is 9.74. The average molecular weight is 362 g/mol. The van der Waals surface area contributed by atoms with Crippen molar-refractivity contribution in [1.29, 1.82) is 0 Å². The molecule has 2 aromatic carbocycles. The van der Waals surface area contributed by atoms with Crippen LogP contribution in [0.15, 0.2) is 65.8 Å². The molecule has 1 aliphatic carbocycles. The third kappa shape index (κ3) is 5.11. The molecule has 0 spiro atoms. The second kappa shape index (κ2) is 8.89. The molecule has 0 aliphatic heterocycles. The summed E-state index contributed by atoms with van der Waals surface area (Å²) in [5.74, 6) is 0.710. The minimum absolute atomic E-state index is 0.167. The summed E-state index contributed by atoms with van der Waals surface area (Å²) in [4.78, 5) is 0. The molecule has 0 heterocycles. The van der Waals surface area contributed by atoms with E-state index in [9.17, 15) is 0 Å². The van der Waals surface area contributed by atoms with Crippen molar-refractivity contribution in [1.82, 2.24) is 5.32 Å². The molecule has 2 aromatic rings. The molecule has 0 saturated carbocycles. The zero-order chi connectivity index (χ0) is 19.3. The van der Waals surface area contributed by atoms with Crippen LogP contribution in [-0.4, -0.2) is 5.54 Å². The molecule has 2 atom stereocenters. The molecular formula is C26H35N. The highest BCUT2D eigenvalue weighted by molar-refractivity contribution is 5.85. The van der Waals surface area contributed by atoms with Crippen molar-refractivity contribution >= 4 is 10.8 Å². The van der Waals surface area contributed by atoms with Gasteiger partial charge in [0.1, 0.15) is 0 Å². The summed E-state index contributed by atoms with van der Waals surface area (Å²) in [6, 6.07) is 15.4. The lowest BCUT2D eigenvalue weighted by Crippen LogP contribution is -2.48. The Bertz CT molecular complexity index is 820. The van der Waals surface area contributed by atoms with Crippen LogP contribution in [0.5, 0.6) is 0 Å². The van der Waals surface area contributed by atoms with Gasteiger partial charge in [-0.1, -0.05) is 65.8 Å². The van der Waals surface area contributed by atoms with E-state index in [2.05, 4.69) is 87.6 Å². The number of hydrogen-bond donors (Lipinski definition) is 1. The molecule has 0 fully saturated rings. The SMILES string of the molecule is CC(C)=CCC[C@](C)(NCc1cccc2ccccc12)[C@H]1CC=C(C)CC1. The topological polar surface area (TPSA) is 12.0 Å². The van der Waals surface area contributed by atoms with Crippen molar-refractivity contribution in [2.24, 2.45) is 5.92 Å². The number of benzene rings is 2. The fourth-order valence-electron chi connectivity index (χ4n) is 4.39. The van der Waals surface area contributed by atoms with Crippen molar-refractivity contribution < 1.29 is 0 Å². The molecule has 0 radical (unpaired) electrons. The molecule has 27 heavy (non-hydrogen) atoms. The first-order chi connectivity index (χ1) is 13.0. The number of allylic oxidation sites excluding steroid dienone is 4. The van der Waals surface area contributed by atoms with Gasteiger partial charge in [-0.25, -0.2) is 0 Å². The first-order valence-electron chi connectivity index (χ1n) is 10.5. The second-order valence-corrected chi connectivity index (χ2v) is 8.75. The highest BCUT2D eigenvalue weighted by atomic mass is 15.0. The third-order valence-electron chi connectivity index (χ3n) is 6.32. The van der Waals surface area contributed by atoms with E-state index in [0.717, 1.165) is 13.0 Å². The Kier molecular flexibility index (Phi) is 6.55. The Morgan fingerprint density at radius 1 is 1.15 bits per heavy atom. The van der Waals surface area contributed by atoms with E-state index in [0.29, 0.717) is 5.92 Å². The molecule has 3 rings (SSSR count). The summed E-state index contributed by atoms with van der Waals surface area (Å²) in [6.07, 6.45) is 11.0. The Labute approximate surface area is 165 Å². The van der Waals surface area contributed by atoms with E-state index in [1.807, 2.05) is 0 Å². The van der Waals surface area contributed by atoms with Crippen molar-refractivity contribution in [2.75, 3.05) is 0 Å². The number of nitrogens with one attached hydrogen (secondary N) is 1. The van der Waals surface area contributed by atoms with Crippen LogP contribution in [0.4, 0.5) is 0 Å². The molecule has 0 amide bonds. The molecule has 0 saturated heterocycles. The van der Waals surface area contributed by atoms with Crippen LogP contribution < -0.4 is 5.32 Å². The van der Waals surface area contributed by atoms with E-state index in [-0.39, 0.29) is 5.54 Å². The van der Waals surface area contributed by atoms with Crippen molar-refractivity contribution in [3.05, 3.63) is 71.3 Å². The van der Waals surface area contributed by atoms with Gasteiger partial charge in [0.05, 0.1) is 0 Å². The zero-order valence-corrected chi connectivity index (χ0v) is 17.5. The first-order valence-corrected chi connectivity index (χ1v) is 10.5. The monoisotopic (exact) mass is 361 g/mol. The minimum atomic E-state index is 0.167. The highest BCUT2D eigenvalue weighted by Crippen LogP contribution is 2.35. The summed E-state index contributed by atoms with van der Waals surface area (Å²) in [5.41, 5.74) is 4.56. The summed E-state index contributed by atoms with van der Waals surface area (Å²) >= 11 is 0. The Balaban J connectivity index is 1.79. The smallest absolute Gasteiger partial charge is 0.0216 e. The molecule has 0 aromatic heterocycles. The van der Waals surface area contributed by atoms with Crippen LogP contribution >= 0.6 is 0 Å². The molecule has 0 bridgehead atoms. The summed E-state index contributed by atoms with van der Waals surface area (Å²) < 4.78 is 0. The van der Waals surface area contributed by atoms with Gasteiger partial charge in [0, 0.05) is 12.1 Å². The molecular weight excluding hydrogens is 326 g/mol. The molecule has 1 aliphatic rings. The van der Waals surface area contributed by atoms with Crippen molar-refractivity contribution in [3.8, 4) is 0 Å². The molecule has 1 N–H and O–H groups in total. The Morgan fingerprint density at radius 3 is 2.67 bits per heavy atom. The lowest BCUT2D eigenvalue weighted by molar-refractivity contribution is 0.196. The second-order valence-electron chi connectivity index (χ2n) is 8.75. The van der Waals surface area contributed by atoms with Crippen molar-refractivity contribution in [2.45, 2.75) is 71.9 Å². The van der Waals surface area contributed by atoms with E-state index < -0.39 is 0 Å². The maximum absolute atomic E-state index is 4.00. The summed E-state index contributed by atoms with van der Waals surface area (Å²) in [7, 11) is 0. The maximum atomic E-state index is 4.00. The van der Waals surface area contributed by atoms with Gasteiger partial charge >= 0.3 is 0 Å². The quantitative estimate of drug-likeness (QED) is 0.515. The fraction of sp³-hybridized carbons (Fsp3) is 0.462. The van der Waals surface area contributed by atoms with Gasteiger partial charge in [0.2, 0.25) is 0 Å². The average Bonchev–Trinajstić information content (AvgIpc) is 2.66. The largest absolute Gasteiger partial charge is 0.307 e. The number of hydrogen-bond acceptors (Lipinski definition) is 1. The van der Waals surface area contributed by atoms with Gasteiger partial charge in [-0.15, -0.1) is 0 Å². The molecule has 144 valence electrons. The lowest BCUT2D eigenvalue weighted by Gasteiger charge is -2.40. The normalized spacial score (nSPS) is 19.4. The van der Waals surface area contributed by atoms with Gasteiger partial charge in [-0.05, 0) is 82.1 Å². The summed E-state index contributed by atoms with van der Waals surface area (Å²) in [6.45, 7) is 10.1. The maximum Gasteiger partial charge on any atom is 0.0216 e. The molecule has 1 heteroatoms. The van der Waals surface area contributed by atoms with Gasteiger partial charge in [-0.3, -0.25) is 0 Å². The van der Waals surface area contributed by atoms with Crippen molar-refractivity contribution in [3.63, 3.8) is 0 Å². The van der Waals surface area contributed by atoms with Gasteiger partial charge in [0.25, 0.3) is 0 Å². The standard InChI is InChI=1S/C26H35N/c1-20(2)9-8-18-26(4,24-16-14-21(3)15-17-24)27-19-23-12-7-11-22-10-5-6-13-25(22)23/h5-7,9-14,24,27H,8,15-19H2,1-4H3/t24-,26-/m0/s1. The zero-order valence-electron chi connectivity index (χ0n) is 17.5. The van der Waals surface area contributed by atoms with E-state index in [1.54, 1.807) is 5.57 Å². The van der Waals surface area contributed by atoms with Crippen LogP contribution in [-0.2, 0) is 6.54 Å². The number of fused-ring (bicyclic) bond motifs is 1. The number of rotatable bonds is 7. The minimum Gasteiger partial charge on any atom is -0.307 e. The van der Waals surface area contributed by atoms with Crippen LogP contribution in [0.3, 0.4) is 0 Å². The Morgan fingerprint density at radius 2 is 1.93 bits per heavy atom. The molecule has 1 nitrogen and oxygen atoms in total. The third-order valence-corrected chi connectivity index (χ3v) is 6.32. The predicted octanol–water partition coefficient (Wildman–Crippen LogP) is 7.18. The highest BCUT2D eigenvalue weighted by Gasteiger charge is 2.33. The fourth-order valence-corrected chi connectivity index (χ4v) is 4.39. The van der Waals surface area contributed by atoms with Crippen LogP contribution in [0.1, 0.15) is 65.4 Å². The van der Waals surface area contributed by atoms with E-state index >= 15 is 0 Å². The predicted molar refractivity (Wildman–Crippen MR) is 119 cm³/mol. The first kappa shape index (κ1) is 19.9. The van der Waals surface area contributed by atoms with Crippen LogP contribution in [0, 0.1) is 5.92 Å². The Hall–Kier alpha value is -1.86. The van der Waals surface area contributed by atoms with E-state index in [1.165, 1.54) is 47.6 Å². The van der Waals surface area contributed by atoms with Gasteiger partial charge < -0.3 is 5.32 Å².